The number of amides is 1. The Balaban J connectivity index is 1.50. The molecule has 1 amide bonds. The number of benzene rings is 3. The molecule has 3 aromatic carbocycles. The monoisotopic (exact) mass is 519 g/mol. The third kappa shape index (κ3) is 5.67. The largest absolute Gasteiger partial charge is 0.492 e. The maximum atomic E-state index is 13.1. The lowest BCUT2D eigenvalue weighted by Gasteiger charge is -2.27. The van der Waals surface area contributed by atoms with Crippen LogP contribution in [0.2, 0.25) is 0 Å². The van der Waals surface area contributed by atoms with Crippen molar-refractivity contribution in [2.75, 3.05) is 41.5 Å². The molecule has 38 heavy (non-hydrogen) atoms. The van der Waals surface area contributed by atoms with Crippen LogP contribution in [0.15, 0.2) is 48.5 Å². The molecule has 0 N–H and O–H groups in total. The van der Waals surface area contributed by atoms with E-state index in [-0.39, 0.29) is 5.91 Å². The molecule has 202 valence electrons. The SMILES string of the molecule is COc1c(C)c(Cc2ccc(COc3ccccc3C(=O)N3CCCCC3)cc2)c(OC)c(OC)c1OC. The van der Waals surface area contributed by atoms with E-state index < -0.39 is 0 Å². The van der Waals surface area contributed by atoms with E-state index in [0.29, 0.717) is 47.3 Å². The predicted octanol–water partition coefficient (Wildman–Crippen LogP) is 5.83. The molecule has 1 aliphatic rings. The second-order valence-electron chi connectivity index (χ2n) is 9.37. The molecule has 0 radical (unpaired) electrons. The number of rotatable bonds is 10. The number of ether oxygens (including phenoxy) is 5. The van der Waals surface area contributed by atoms with Gasteiger partial charge in [-0.25, -0.2) is 0 Å². The van der Waals surface area contributed by atoms with Gasteiger partial charge in [0.2, 0.25) is 11.5 Å². The first-order valence-electron chi connectivity index (χ1n) is 13.0. The predicted molar refractivity (Wildman–Crippen MR) is 147 cm³/mol. The van der Waals surface area contributed by atoms with Gasteiger partial charge in [-0.1, -0.05) is 36.4 Å². The summed E-state index contributed by atoms with van der Waals surface area (Å²) in [6, 6.07) is 15.7. The van der Waals surface area contributed by atoms with Crippen molar-refractivity contribution < 1.29 is 28.5 Å². The maximum Gasteiger partial charge on any atom is 0.257 e. The molecule has 1 heterocycles. The van der Waals surface area contributed by atoms with Crippen molar-refractivity contribution in [3.63, 3.8) is 0 Å². The summed E-state index contributed by atoms with van der Waals surface area (Å²) in [4.78, 5) is 15.0. The van der Waals surface area contributed by atoms with Crippen LogP contribution in [0, 0.1) is 6.92 Å². The van der Waals surface area contributed by atoms with Crippen LogP contribution in [0.5, 0.6) is 28.7 Å². The van der Waals surface area contributed by atoms with Gasteiger partial charge >= 0.3 is 0 Å². The molecule has 0 atom stereocenters. The zero-order valence-corrected chi connectivity index (χ0v) is 23.0. The fourth-order valence-electron chi connectivity index (χ4n) is 5.02. The van der Waals surface area contributed by atoms with Gasteiger partial charge in [0.15, 0.2) is 11.5 Å². The highest BCUT2D eigenvalue weighted by Crippen LogP contribution is 2.49. The number of carbonyl (C=O) groups excluding carboxylic acids is 1. The number of hydrogen-bond acceptors (Lipinski definition) is 6. The molecule has 3 aromatic rings. The molecule has 1 saturated heterocycles. The van der Waals surface area contributed by atoms with Gasteiger partial charge < -0.3 is 28.6 Å². The second-order valence-corrected chi connectivity index (χ2v) is 9.37. The Labute approximate surface area is 225 Å². The Kier molecular flexibility index (Phi) is 9.00. The summed E-state index contributed by atoms with van der Waals surface area (Å²) in [6.07, 6.45) is 3.93. The number of piperidine rings is 1. The number of nitrogens with zero attached hydrogens (tertiary/aromatic N) is 1. The van der Waals surface area contributed by atoms with Crippen molar-refractivity contribution in [1.29, 1.82) is 0 Å². The van der Waals surface area contributed by atoms with Crippen molar-refractivity contribution in [3.05, 3.63) is 76.3 Å². The van der Waals surface area contributed by atoms with Gasteiger partial charge in [-0.15, -0.1) is 0 Å². The lowest BCUT2D eigenvalue weighted by molar-refractivity contribution is 0.0719. The molecule has 7 nitrogen and oxygen atoms in total. The molecule has 0 saturated carbocycles. The summed E-state index contributed by atoms with van der Waals surface area (Å²) in [7, 11) is 6.42. The Morgan fingerprint density at radius 1 is 0.737 bits per heavy atom. The zero-order chi connectivity index (χ0) is 27.1. The standard InChI is InChI=1S/C31H37NO6/c1-21-25(28(35-3)30(37-5)29(36-4)27(21)34-2)19-22-13-15-23(16-14-22)20-38-26-12-8-7-11-24(26)31(33)32-17-9-6-10-18-32/h7-8,11-16H,6,9-10,17-20H2,1-5H3. The van der Waals surface area contributed by atoms with E-state index in [1.165, 1.54) is 6.42 Å². The minimum atomic E-state index is 0.0466. The van der Waals surface area contributed by atoms with Gasteiger partial charge in [0.25, 0.3) is 5.91 Å². The van der Waals surface area contributed by atoms with Crippen molar-refractivity contribution in [1.82, 2.24) is 4.90 Å². The Hall–Kier alpha value is -3.87. The summed E-state index contributed by atoms with van der Waals surface area (Å²) in [5.74, 6) is 2.94. The summed E-state index contributed by atoms with van der Waals surface area (Å²) >= 11 is 0. The minimum Gasteiger partial charge on any atom is -0.492 e. The van der Waals surface area contributed by atoms with Gasteiger partial charge in [-0.2, -0.15) is 0 Å². The van der Waals surface area contributed by atoms with Crippen molar-refractivity contribution in [3.8, 4) is 28.7 Å². The Morgan fingerprint density at radius 2 is 1.32 bits per heavy atom. The van der Waals surface area contributed by atoms with Crippen LogP contribution in [0.25, 0.3) is 0 Å². The highest BCUT2D eigenvalue weighted by Gasteiger charge is 2.25. The third-order valence-corrected chi connectivity index (χ3v) is 7.06. The van der Waals surface area contributed by atoms with Crippen LogP contribution < -0.4 is 23.7 Å². The lowest BCUT2D eigenvalue weighted by Crippen LogP contribution is -2.35. The van der Waals surface area contributed by atoms with Crippen molar-refractivity contribution in [2.45, 2.75) is 39.2 Å². The summed E-state index contributed by atoms with van der Waals surface area (Å²) in [5, 5.41) is 0. The Morgan fingerprint density at radius 3 is 1.95 bits per heavy atom. The highest BCUT2D eigenvalue weighted by atomic mass is 16.5. The van der Waals surface area contributed by atoms with E-state index in [9.17, 15) is 4.79 Å². The first-order chi connectivity index (χ1) is 18.5. The Bertz CT molecular complexity index is 1250. The summed E-state index contributed by atoms with van der Waals surface area (Å²) < 4.78 is 28.7. The van der Waals surface area contributed by atoms with Gasteiger partial charge in [0, 0.05) is 30.6 Å². The average molecular weight is 520 g/mol. The number of likely N-dealkylation sites (tertiary alicyclic amines) is 1. The van der Waals surface area contributed by atoms with Gasteiger partial charge in [-0.05, 0) is 49.4 Å². The quantitative estimate of drug-likeness (QED) is 0.336. The minimum absolute atomic E-state index is 0.0466. The number of carbonyl (C=O) groups is 1. The van der Waals surface area contributed by atoms with Gasteiger partial charge in [0.1, 0.15) is 12.4 Å². The van der Waals surface area contributed by atoms with E-state index in [0.717, 1.165) is 48.2 Å². The molecule has 0 spiro atoms. The number of methoxy groups -OCH3 is 4. The molecule has 1 aliphatic heterocycles. The van der Waals surface area contributed by atoms with Crippen LogP contribution in [-0.2, 0) is 13.0 Å². The molecular weight excluding hydrogens is 482 g/mol. The van der Waals surface area contributed by atoms with Crippen LogP contribution in [-0.4, -0.2) is 52.3 Å². The summed E-state index contributed by atoms with van der Waals surface area (Å²) in [5.41, 5.74) is 4.64. The second kappa shape index (κ2) is 12.6. The normalized spacial score (nSPS) is 13.1. The van der Waals surface area contributed by atoms with Crippen LogP contribution in [0.1, 0.15) is 51.9 Å². The molecule has 0 unspecified atom stereocenters. The zero-order valence-electron chi connectivity index (χ0n) is 23.0. The number of para-hydroxylation sites is 1. The fraction of sp³-hybridized carbons (Fsp3) is 0.387. The third-order valence-electron chi connectivity index (χ3n) is 7.06. The van der Waals surface area contributed by atoms with Gasteiger partial charge in [-0.3, -0.25) is 4.79 Å². The molecule has 4 rings (SSSR count). The lowest BCUT2D eigenvalue weighted by atomic mass is 9.97. The summed E-state index contributed by atoms with van der Waals surface area (Å²) in [6.45, 7) is 3.98. The van der Waals surface area contributed by atoms with E-state index >= 15 is 0 Å². The molecular formula is C31H37NO6. The molecule has 0 aliphatic carbocycles. The number of hydrogen-bond donors (Lipinski definition) is 0. The van der Waals surface area contributed by atoms with Gasteiger partial charge in [0.05, 0.1) is 34.0 Å². The van der Waals surface area contributed by atoms with E-state index in [2.05, 4.69) is 12.1 Å². The smallest absolute Gasteiger partial charge is 0.257 e. The van der Waals surface area contributed by atoms with E-state index in [4.69, 9.17) is 23.7 Å². The molecule has 1 fully saturated rings. The molecule has 7 heteroatoms. The van der Waals surface area contributed by atoms with Crippen LogP contribution >= 0.6 is 0 Å². The first-order valence-corrected chi connectivity index (χ1v) is 13.0. The van der Waals surface area contributed by atoms with E-state index in [1.54, 1.807) is 28.4 Å². The van der Waals surface area contributed by atoms with Crippen molar-refractivity contribution >= 4 is 5.91 Å². The van der Waals surface area contributed by atoms with E-state index in [1.807, 2.05) is 48.2 Å². The molecule has 0 aromatic heterocycles. The van der Waals surface area contributed by atoms with Crippen molar-refractivity contribution in [2.24, 2.45) is 0 Å². The fourth-order valence-corrected chi connectivity index (χ4v) is 5.02. The van der Waals surface area contributed by atoms with Crippen LogP contribution in [0.3, 0.4) is 0 Å². The molecule has 0 bridgehead atoms. The first kappa shape index (κ1) is 27.2. The maximum absolute atomic E-state index is 13.1. The highest BCUT2D eigenvalue weighted by molar-refractivity contribution is 5.97. The van der Waals surface area contributed by atoms with Crippen LogP contribution in [0.4, 0.5) is 0 Å². The average Bonchev–Trinajstić information content (AvgIpc) is 2.97. The topological polar surface area (TPSA) is 66.5 Å².